The first-order valence-corrected chi connectivity index (χ1v) is 10.2. The van der Waals surface area contributed by atoms with E-state index >= 15 is 0 Å². The van der Waals surface area contributed by atoms with Gasteiger partial charge in [-0.25, -0.2) is 4.98 Å². The van der Waals surface area contributed by atoms with E-state index in [1.807, 2.05) is 6.92 Å². The Balaban J connectivity index is 2.20. The predicted molar refractivity (Wildman–Crippen MR) is 101 cm³/mol. The van der Waals surface area contributed by atoms with Gasteiger partial charge in [-0.2, -0.15) is 5.26 Å². The lowest BCUT2D eigenvalue weighted by Crippen LogP contribution is -2.26. The molecular formula is C18H23N3OS2. The minimum absolute atomic E-state index is 0.0772. The zero-order chi connectivity index (χ0) is 17.4. The molecule has 0 amide bonds. The Bertz CT molecular complexity index is 860. The molecule has 0 bridgehead atoms. The van der Waals surface area contributed by atoms with Crippen molar-refractivity contribution < 1.29 is 0 Å². The van der Waals surface area contributed by atoms with Gasteiger partial charge in [0.2, 0.25) is 0 Å². The van der Waals surface area contributed by atoms with Crippen LogP contribution in [0, 0.1) is 23.2 Å². The number of fused-ring (bicyclic) bond motifs is 3. The van der Waals surface area contributed by atoms with Gasteiger partial charge in [-0.1, -0.05) is 32.5 Å². The first-order valence-electron chi connectivity index (χ1n) is 8.52. The number of rotatable bonds is 4. The van der Waals surface area contributed by atoms with Crippen LogP contribution in [0.3, 0.4) is 0 Å². The first-order chi connectivity index (χ1) is 11.4. The van der Waals surface area contributed by atoms with Crippen molar-refractivity contribution in [3.63, 3.8) is 0 Å². The maximum atomic E-state index is 13.2. The first kappa shape index (κ1) is 17.5. The van der Waals surface area contributed by atoms with Gasteiger partial charge in [0.15, 0.2) is 5.16 Å². The number of nitrogens with zero attached hydrogens (tertiary/aromatic N) is 3. The summed E-state index contributed by atoms with van der Waals surface area (Å²) in [5.41, 5.74) is 1.31. The molecule has 0 saturated heterocycles. The van der Waals surface area contributed by atoms with E-state index < -0.39 is 0 Å². The van der Waals surface area contributed by atoms with Gasteiger partial charge in [0.1, 0.15) is 4.83 Å². The number of aromatic nitrogens is 2. The fraction of sp³-hybridized carbons (Fsp3) is 0.611. The lowest BCUT2D eigenvalue weighted by molar-refractivity contribution is 0.474. The molecule has 2 aromatic heterocycles. The molecule has 0 aliphatic heterocycles. The molecule has 1 aliphatic rings. The Morgan fingerprint density at radius 3 is 2.88 bits per heavy atom. The highest BCUT2D eigenvalue weighted by molar-refractivity contribution is 8.00. The highest BCUT2D eigenvalue weighted by Crippen LogP contribution is 2.36. The molecule has 0 saturated carbocycles. The van der Waals surface area contributed by atoms with E-state index in [9.17, 15) is 4.79 Å². The van der Waals surface area contributed by atoms with Crippen LogP contribution in [0.15, 0.2) is 9.95 Å². The van der Waals surface area contributed by atoms with Gasteiger partial charge in [0.05, 0.1) is 16.7 Å². The molecule has 3 rings (SSSR count). The molecule has 0 unspecified atom stereocenters. The summed E-state index contributed by atoms with van der Waals surface area (Å²) in [5, 5.41) is 10.4. The summed E-state index contributed by atoms with van der Waals surface area (Å²) in [7, 11) is 0. The number of nitriles is 1. The Labute approximate surface area is 150 Å². The van der Waals surface area contributed by atoms with Gasteiger partial charge in [0.25, 0.3) is 5.56 Å². The fourth-order valence-electron chi connectivity index (χ4n) is 3.21. The number of hydrogen-bond donors (Lipinski definition) is 0. The van der Waals surface area contributed by atoms with Gasteiger partial charge >= 0.3 is 0 Å². The predicted octanol–water partition coefficient (Wildman–Crippen LogP) is 4.24. The summed E-state index contributed by atoms with van der Waals surface area (Å²) in [6.07, 6.45) is 3.18. The molecule has 2 aromatic rings. The lowest BCUT2D eigenvalue weighted by atomic mass is 9.89. The van der Waals surface area contributed by atoms with E-state index in [1.165, 1.54) is 22.2 Å². The largest absolute Gasteiger partial charge is 0.287 e. The van der Waals surface area contributed by atoms with Crippen molar-refractivity contribution in [2.75, 3.05) is 0 Å². The Morgan fingerprint density at radius 2 is 2.21 bits per heavy atom. The second-order valence-electron chi connectivity index (χ2n) is 7.13. The van der Waals surface area contributed by atoms with Gasteiger partial charge in [-0.3, -0.25) is 9.36 Å². The van der Waals surface area contributed by atoms with Crippen LogP contribution in [0.4, 0.5) is 0 Å². The van der Waals surface area contributed by atoms with E-state index in [-0.39, 0.29) is 10.8 Å². The number of hydrogen-bond acceptors (Lipinski definition) is 5. The van der Waals surface area contributed by atoms with Crippen LogP contribution in [-0.4, -0.2) is 14.8 Å². The smallest absolute Gasteiger partial charge is 0.263 e. The van der Waals surface area contributed by atoms with Crippen molar-refractivity contribution in [1.29, 1.82) is 5.26 Å². The van der Waals surface area contributed by atoms with Crippen molar-refractivity contribution in [3.05, 3.63) is 20.8 Å². The van der Waals surface area contributed by atoms with Crippen LogP contribution in [0.25, 0.3) is 10.2 Å². The number of aryl methyl sites for hydroxylation is 1. The third-order valence-corrected chi connectivity index (χ3v) is 6.52. The van der Waals surface area contributed by atoms with Crippen LogP contribution >= 0.6 is 23.1 Å². The molecule has 2 atom stereocenters. The maximum Gasteiger partial charge on any atom is 0.263 e. The van der Waals surface area contributed by atoms with E-state index in [4.69, 9.17) is 10.2 Å². The summed E-state index contributed by atoms with van der Waals surface area (Å²) in [5.74, 6) is 1.03. The van der Waals surface area contributed by atoms with Crippen molar-refractivity contribution in [2.24, 2.45) is 11.8 Å². The molecule has 0 aromatic carbocycles. The number of thioether (sulfide) groups is 1. The van der Waals surface area contributed by atoms with Crippen molar-refractivity contribution >= 4 is 33.3 Å². The molecule has 0 spiro atoms. The highest BCUT2D eigenvalue weighted by Gasteiger charge is 2.25. The zero-order valence-electron chi connectivity index (χ0n) is 14.6. The molecule has 0 N–H and O–H groups in total. The Morgan fingerprint density at radius 1 is 1.46 bits per heavy atom. The minimum Gasteiger partial charge on any atom is -0.287 e. The van der Waals surface area contributed by atoms with Gasteiger partial charge in [-0.15, -0.1) is 11.3 Å². The Kier molecular flexibility index (Phi) is 5.03. The average molecular weight is 362 g/mol. The molecular weight excluding hydrogens is 338 g/mol. The molecule has 6 heteroatoms. The minimum atomic E-state index is -0.220. The normalized spacial score (nSPS) is 18.6. The molecule has 4 nitrogen and oxygen atoms in total. The topological polar surface area (TPSA) is 58.7 Å². The SMILES string of the molecule is CC(C)Cn1c(S[C@H](C)C#N)nc2sc3c(c2c1=O)CC[C@H](C)C3. The van der Waals surface area contributed by atoms with Crippen LogP contribution in [0.2, 0.25) is 0 Å². The molecule has 2 heterocycles. The average Bonchev–Trinajstić information content (AvgIpc) is 2.87. The summed E-state index contributed by atoms with van der Waals surface area (Å²) in [4.78, 5) is 20.2. The second kappa shape index (κ2) is 6.89. The maximum absolute atomic E-state index is 13.2. The quantitative estimate of drug-likeness (QED) is 0.603. The third kappa shape index (κ3) is 3.25. The summed E-state index contributed by atoms with van der Waals surface area (Å²) in [6, 6.07) is 2.23. The van der Waals surface area contributed by atoms with Gasteiger partial charge in [0, 0.05) is 11.4 Å². The van der Waals surface area contributed by atoms with E-state index in [0.29, 0.717) is 23.5 Å². The van der Waals surface area contributed by atoms with Crippen molar-refractivity contribution in [2.45, 2.75) is 63.9 Å². The van der Waals surface area contributed by atoms with E-state index in [1.54, 1.807) is 15.9 Å². The zero-order valence-corrected chi connectivity index (χ0v) is 16.3. The molecule has 0 fully saturated rings. The van der Waals surface area contributed by atoms with Gasteiger partial charge in [-0.05, 0) is 43.6 Å². The van der Waals surface area contributed by atoms with E-state index in [2.05, 4.69) is 26.8 Å². The second-order valence-corrected chi connectivity index (χ2v) is 9.52. The molecule has 1 aliphatic carbocycles. The van der Waals surface area contributed by atoms with Crippen molar-refractivity contribution in [1.82, 2.24) is 9.55 Å². The van der Waals surface area contributed by atoms with Crippen LogP contribution < -0.4 is 5.56 Å². The molecule has 0 radical (unpaired) electrons. The number of thiophene rings is 1. The Hall–Kier alpha value is -1.32. The standard InChI is InChI=1S/C18H23N3OS2/c1-10(2)9-21-17(22)15-13-6-5-11(3)7-14(13)24-16(15)20-18(21)23-12(4)8-19/h10-12H,5-7,9H2,1-4H3/t11-,12+/m0/s1. The summed E-state index contributed by atoms with van der Waals surface area (Å²) in [6.45, 7) is 8.96. The van der Waals surface area contributed by atoms with Gasteiger partial charge < -0.3 is 0 Å². The van der Waals surface area contributed by atoms with Crippen LogP contribution in [0.5, 0.6) is 0 Å². The summed E-state index contributed by atoms with van der Waals surface area (Å²) < 4.78 is 1.79. The monoisotopic (exact) mass is 361 g/mol. The lowest BCUT2D eigenvalue weighted by Gasteiger charge is -2.18. The molecule has 24 heavy (non-hydrogen) atoms. The molecule has 128 valence electrons. The van der Waals surface area contributed by atoms with Crippen LogP contribution in [-0.2, 0) is 19.4 Å². The van der Waals surface area contributed by atoms with E-state index in [0.717, 1.165) is 29.5 Å². The van der Waals surface area contributed by atoms with Crippen molar-refractivity contribution in [3.8, 4) is 6.07 Å². The third-order valence-electron chi connectivity index (χ3n) is 4.39. The fourth-order valence-corrected chi connectivity index (χ4v) is 5.43. The van der Waals surface area contributed by atoms with Crippen LogP contribution in [0.1, 0.15) is 44.6 Å². The summed E-state index contributed by atoms with van der Waals surface area (Å²) >= 11 is 3.06. The highest BCUT2D eigenvalue weighted by atomic mass is 32.2.